The second kappa shape index (κ2) is 6.53. The smallest absolute Gasteiger partial charge is 0.128 e. The molecule has 1 saturated heterocycles. The lowest BCUT2D eigenvalue weighted by Gasteiger charge is -2.37. The van der Waals surface area contributed by atoms with Gasteiger partial charge in [-0.1, -0.05) is 13.3 Å². The van der Waals surface area contributed by atoms with Gasteiger partial charge in [0.1, 0.15) is 5.82 Å². The first-order valence-corrected chi connectivity index (χ1v) is 7.06. The number of nitriles is 1. The Bertz CT molecular complexity index is 444. The SMILES string of the molecule is CCCC(C#N)N1CCN(c2cc(C)ccn2)CC1. The normalized spacial score (nSPS) is 18.1. The van der Waals surface area contributed by atoms with Gasteiger partial charge in [0.05, 0.1) is 12.1 Å². The molecule has 2 heterocycles. The predicted molar refractivity (Wildman–Crippen MR) is 77.1 cm³/mol. The fourth-order valence-corrected chi connectivity index (χ4v) is 2.56. The zero-order chi connectivity index (χ0) is 13.7. The molecule has 1 aromatic heterocycles. The number of anilines is 1. The number of hydrogen-bond donors (Lipinski definition) is 0. The fourth-order valence-electron chi connectivity index (χ4n) is 2.56. The molecule has 19 heavy (non-hydrogen) atoms. The van der Waals surface area contributed by atoms with E-state index in [1.165, 1.54) is 5.56 Å². The minimum atomic E-state index is 0.0811. The standard InChI is InChI=1S/C15H22N4/c1-3-4-14(12-16)18-7-9-19(10-8-18)15-11-13(2)5-6-17-15/h5-6,11,14H,3-4,7-10H2,1-2H3. The van der Waals surface area contributed by atoms with Crippen molar-refractivity contribution in [1.29, 1.82) is 5.26 Å². The molecule has 0 aromatic carbocycles. The highest BCUT2D eigenvalue weighted by Gasteiger charge is 2.23. The van der Waals surface area contributed by atoms with E-state index in [0.717, 1.165) is 44.8 Å². The summed E-state index contributed by atoms with van der Waals surface area (Å²) in [7, 11) is 0. The summed E-state index contributed by atoms with van der Waals surface area (Å²) in [4.78, 5) is 9.04. The van der Waals surface area contributed by atoms with Crippen molar-refractivity contribution in [3.8, 4) is 6.07 Å². The van der Waals surface area contributed by atoms with Crippen LogP contribution in [-0.4, -0.2) is 42.1 Å². The molecular formula is C15H22N4. The molecule has 0 saturated carbocycles. The highest BCUT2D eigenvalue weighted by atomic mass is 15.3. The molecule has 0 spiro atoms. The Morgan fingerprint density at radius 3 is 2.68 bits per heavy atom. The third kappa shape index (κ3) is 3.45. The van der Waals surface area contributed by atoms with Gasteiger partial charge in [-0.05, 0) is 31.0 Å². The van der Waals surface area contributed by atoms with Gasteiger partial charge in [-0.25, -0.2) is 4.98 Å². The van der Waals surface area contributed by atoms with Gasteiger partial charge in [0.2, 0.25) is 0 Å². The van der Waals surface area contributed by atoms with Gasteiger partial charge >= 0.3 is 0 Å². The Kier molecular flexibility index (Phi) is 4.75. The van der Waals surface area contributed by atoms with Crippen molar-refractivity contribution in [3.05, 3.63) is 23.9 Å². The lowest BCUT2D eigenvalue weighted by Crippen LogP contribution is -2.50. The maximum absolute atomic E-state index is 9.21. The number of pyridine rings is 1. The Balaban J connectivity index is 1.94. The predicted octanol–water partition coefficient (Wildman–Crippen LogP) is 2.20. The second-order valence-electron chi connectivity index (χ2n) is 5.15. The molecule has 0 N–H and O–H groups in total. The van der Waals surface area contributed by atoms with Crippen molar-refractivity contribution in [2.24, 2.45) is 0 Å². The first kappa shape index (κ1) is 13.8. The van der Waals surface area contributed by atoms with Crippen LogP contribution in [0.5, 0.6) is 0 Å². The van der Waals surface area contributed by atoms with Crippen LogP contribution in [0.25, 0.3) is 0 Å². The average molecular weight is 258 g/mol. The molecule has 102 valence electrons. The van der Waals surface area contributed by atoms with E-state index >= 15 is 0 Å². The molecule has 1 aromatic rings. The van der Waals surface area contributed by atoms with E-state index in [1.807, 2.05) is 12.3 Å². The summed E-state index contributed by atoms with van der Waals surface area (Å²) in [5.41, 5.74) is 1.24. The van der Waals surface area contributed by atoms with Gasteiger partial charge in [-0.3, -0.25) is 4.90 Å². The number of hydrogen-bond acceptors (Lipinski definition) is 4. The van der Waals surface area contributed by atoms with Gasteiger partial charge in [0.25, 0.3) is 0 Å². The van der Waals surface area contributed by atoms with Crippen LogP contribution in [-0.2, 0) is 0 Å². The number of piperazine rings is 1. The number of rotatable bonds is 4. The third-order valence-electron chi connectivity index (χ3n) is 3.69. The van der Waals surface area contributed by atoms with E-state index in [2.05, 4.69) is 40.8 Å². The van der Waals surface area contributed by atoms with Crippen molar-refractivity contribution >= 4 is 5.82 Å². The van der Waals surface area contributed by atoms with E-state index in [4.69, 9.17) is 0 Å². The first-order chi connectivity index (χ1) is 9.24. The summed E-state index contributed by atoms with van der Waals surface area (Å²) < 4.78 is 0. The summed E-state index contributed by atoms with van der Waals surface area (Å²) >= 11 is 0. The van der Waals surface area contributed by atoms with Crippen molar-refractivity contribution in [2.45, 2.75) is 32.7 Å². The number of aromatic nitrogens is 1. The van der Waals surface area contributed by atoms with Gasteiger partial charge in [-0.2, -0.15) is 5.26 Å². The monoisotopic (exact) mass is 258 g/mol. The lowest BCUT2D eigenvalue weighted by atomic mass is 10.1. The molecule has 1 unspecified atom stereocenters. The average Bonchev–Trinajstić information content (AvgIpc) is 2.45. The van der Waals surface area contributed by atoms with Crippen LogP contribution < -0.4 is 4.90 Å². The fraction of sp³-hybridized carbons (Fsp3) is 0.600. The number of aryl methyl sites for hydroxylation is 1. The van der Waals surface area contributed by atoms with Crippen LogP contribution in [0.15, 0.2) is 18.3 Å². The van der Waals surface area contributed by atoms with E-state index in [-0.39, 0.29) is 6.04 Å². The largest absolute Gasteiger partial charge is 0.354 e. The van der Waals surface area contributed by atoms with Crippen LogP contribution in [0.1, 0.15) is 25.3 Å². The van der Waals surface area contributed by atoms with Crippen LogP contribution in [0.3, 0.4) is 0 Å². The van der Waals surface area contributed by atoms with Crippen LogP contribution >= 0.6 is 0 Å². The summed E-state index contributed by atoms with van der Waals surface area (Å²) in [6.07, 6.45) is 3.91. The minimum Gasteiger partial charge on any atom is -0.354 e. The zero-order valence-corrected chi connectivity index (χ0v) is 11.8. The molecular weight excluding hydrogens is 236 g/mol. The molecule has 0 bridgehead atoms. The van der Waals surface area contributed by atoms with Crippen LogP contribution in [0.2, 0.25) is 0 Å². The molecule has 1 atom stereocenters. The molecule has 1 aliphatic rings. The molecule has 4 nitrogen and oxygen atoms in total. The lowest BCUT2D eigenvalue weighted by molar-refractivity contribution is 0.211. The summed E-state index contributed by atoms with van der Waals surface area (Å²) in [6.45, 7) is 8.05. The molecule has 2 rings (SSSR count). The van der Waals surface area contributed by atoms with Gasteiger partial charge in [-0.15, -0.1) is 0 Å². The Morgan fingerprint density at radius 1 is 1.37 bits per heavy atom. The molecule has 1 fully saturated rings. The Morgan fingerprint density at radius 2 is 2.11 bits per heavy atom. The first-order valence-electron chi connectivity index (χ1n) is 7.06. The van der Waals surface area contributed by atoms with Crippen molar-refractivity contribution in [2.75, 3.05) is 31.1 Å². The van der Waals surface area contributed by atoms with E-state index < -0.39 is 0 Å². The Labute approximate surface area is 115 Å². The van der Waals surface area contributed by atoms with Crippen LogP contribution in [0.4, 0.5) is 5.82 Å². The maximum Gasteiger partial charge on any atom is 0.128 e. The molecule has 4 heteroatoms. The topological polar surface area (TPSA) is 43.2 Å². The van der Waals surface area contributed by atoms with Crippen molar-refractivity contribution in [3.63, 3.8) is 0 Å². The van der Waals surface area contributed by atoms with E-state index in [1.54, 1.807) is 0 Å². The minimum absolute atomic E-state index is 0.0811. The van der Waals surface area contributed by atoms with Crippen molar-refractivity contribution < 1.29 is 0 Å². The highest BCUT2D eigenvalue weighted by Crippen LogP contribution is 2.16. The molecule has 0 radical (unpaired) electrons. The number of nitrogens with zero attached hydrogens (tertiary/aromatic N) is 4. The Hall–Kier alpha value is -1.60. The van der Waals surface area contributed by atoms with Crippen LogP contribution in [0, 0.1) is 18.3 Å². The highest BCUT2D eigenvalue weighted by molar-refractivity contribution is 5.41. The molecule has 0 aliphatic carbocycles. The molecule has 1 aliphatic heterocycles. The summed E-state index contributed by atoms with van der Waals surface area (Å²) in [6, 6.07) is 6.66. The zero-order valence-electron chi connectivity index (χ0n) is 11.8. The third-order valence-corrected chi connectivity index (χ3v) is 3.69. The molecule has 0 amide bonds. The maximum atomic E-state index is 9.21. The summed E-state index contributed by atoms with van der Waals surface area (Å²) in [5.74, 6) is 1.06. The van der Waals surface area contributed by atoms with Gasteiger partial charge in [0, 0.05) is 32.4 Å². The summed E-state index contributed by atoms with van der Waals surface area (Å²) in [5, 5.41) is 9.21. The quantitative estimate of drug-likeness (QED) is 0.830. The van der Waals surface area contributed by atoms with Crippen molar-refractivity contribution in [1.82, 2.24) is 9.88 Å². The van der Waals surface area contributed by atoms with E-state index in [9.17, 15) is 5.26 Å². The second-order valence-corrected chi connectivity index (χ2v) is 5.15. The van der Waals surface area contributed by atoms with E-state index in [0.29, 0.717) is 0 Å². The van der Waals surface area contributed by atoms with Gasteiger partial charge in [0.15, 0.2) is 0 Å². The van der Waals surface area contributed by atoms with Gasteiger partial charge < -0.3 is 4.90 Å².